The van der Waals surface area contributed by atoms with Gasteiger partial charge in [-0.15, -0.1) is 0 Å². The molecule has 0 radical (unpaired) electrons. The molecule has 1 aliphatic heterocycles. The van der Waals surface area contributed by atoms with E-state index in [-0.39, 0.29) is 12.8 Å². The third-order valence-electron chi connectivity index (χ3n) is 3.94. The molecule has 0 aliphatic carbocycles. The first kappa shape index (κ1) is 20.6. The Morgan fingerprint density at radius 3 is 2.33 bits per heavy atom. The molecule has 1 amide bonds. The number of hydrogen-bond acceptors (Lipinski definition) is 5. The summed E-state index contributed by atoms with van der Waals surface area (Å²) in [7, 11) is -3.49. The lowest BCUT2D eigenvalue weighted by atomic mass is 9.93. The summed E-state index contributed by atoms with van der Waals surface area (Å²) in [5, 5.41) is 0. The molecule has 0 bridgehead atoms. The van der Waals surface area contributed by atoms with Gasteiger partial charge in [0.25, 0.3) is 0 Å². The molecular formula is C17H31N3O3S. The molecule has 1 heterocycles. The highest BCUT2D eigenvalue weighted by Gasteiger charge is 2.26. The van der Waals surface area contributed by atoms with Crippen molar-refractivity contribution in [1.82, 2.24) is 9.62 Å². The third-order valence-corrected chi connectivity index (χ3v) is 4.51. The largest absolute Gasteiger partial charge is 0.299 e. The number of likely N-dealkylation sites (tertiary alicyclic amines) is 1. The first-order chi connectivity index (χ1) is 10.9. The summed E-state index contributed by atoms with van der Waals surface area (Å²) < 4.78 is 24.3. The van der Waals surface area contributed by atoms with Crippen LogP contribution >= 0.6 is 0 Å². The first-order valence-electron chi connectivity index (χ1n) is 8.03. The minimum Gasteiger partial charge on any atom is -0.299 e. The van der Waals surface area contributed by atoms with Gasteiger partial charge >= 0.3 is 0 Å². The maximum absolute atomic E-state index is 11.9. The van der Waals surface area contributed by atoms with Gasteiger partial charge < -0.3 is 0 Å². The highest BCUT2D eigenvalue weighted by molar-refractivity contribution is 7.89. The minimum atomic E-state index is -3.49. The molecule has 0 saturated carbocycles. The SMILES string of the molecule is C=C(C=NC(=C)C(C)(C)C)CN1CCC(C(=O)NS(C)(=O)=O)CC1.[HH]. The van der Waals surface area contributed by atoms with E-state index >= 15 is 0 Å². The second kappa shape index (κ2) is 8.07. The number of carbonyl (C=O) groups is 1. The molecule has 0 unspecified atom stereocenters. The number of nitrogens with zero attached hydrogens (tertiary/aromatic N) is 2. The van der Waals surface area contributed by atoms with Crippen LogP contribution in [0.15, 0.2) is 29.4 Å². The smallest absolute Gasteiger partial charge is 0.236 e. The number of hydrogen-bond donors (Lipinski definition) is 1. The molecule has 0 aromatic heterocycles. The number of amides is 1. The van der Waals surface area contributed by atoms with Gasteiger partial charge in [0.2, 0.25) is 15.9 Å². The molecule has 7 heteroatoms. The highest BCUT2D eigenvalue weighted by atomic mass is 32.2. The lowest BCUT2D eigenvalue weighted by Gasteiger charge is -2.31. The van der Waals surface area contributed by atoms with Crippen LogP contribution in [-0.4, -0.2) is 51.3 Å². The van der Waals surface area contributed by atoms with Crippen LogP contribution in [0.2, 0.25) is 0 Å². The van der Waals surface area contributed by atoms with Crippen molar-refractivity contribution < 1.29 is 14.6 Å². The molecule has 24 heavy (non-hydrogen) atoms. The van der Waals surface area contributed by atoms with Gasteiger partial charge in [0.15, 0.2) is 0 Å². The molecule has 1 aliphatic rings. The Morgan fingerprint density at radius 2 is 1.88 bits per heavy atom. The van der Waals surface area contributed by atoms with Gasteiger partial charge in [-0.05, 0) is 31.5 Å². The van der Waals surface area contributed by atoms with Gasteiger partial charge in [0.1, 0.15) is 0 Å². The van der Waals surface area contributed by atoms with E-state index in [2.05, 4.69) is 48.5 Å². The van der Waals surface area contributed by atoms with Crippen molar-refractivity contribution >= 4 is 22.1 Å². The van der Waals surface area contributed by atoms with Crippen LogP contribution in [0.25, 0.3) is 0 Å². The Balaban J connectivity index is 0.00000576. The van der Waals surface area contributed by atoms with E-state index in [1.165, 1.54) is 0 Å². The third kappa shape index (κ3) is 7.40. The van der Waals surface area contributed by atoms with Crippen LogP contribution < -0.4 is 4.72 Å². The van der Waals surface area contributed by atoms with Crippen molar-refractivity contribution in [1.29, 1.82) is 0 Å². The van der Waals surface area contributed by atoms with Crippen molar-refractivity contribution in [2.75, 3.05) is 25.9 Å². The molecular weight excluding hydrogens is 326 g/mol. The normalized spacial score (nSPS) is 17.8. The molecule has 0 atom stereocenters. The molecule has 138 valence electrons. The Bertz CT molecular complexity index is 628. The van der Waals surface area contributed by atoms with Crippen molar-refractivity contribution in [2.24, 2.45) is 16.3 Å². The van der Waals surface area contributed by atoms with E-state index in [1.54, 1.807) is 6.21 Å². The fourth-order valence-corrected chi connectivity index (χ4v) is 2.84. The summed E-state index contributed by atoms with van der Waals surface area (Å²) in [4.78, 5) is 18.4. The quantitative estimate of drug-likeness (QED) is 0.739. The molecule has 0 aromatic rings. The topological polar surface area (TPSA) is 78.8 Å². The Hall–Kier alpha value is -1.47. The molecule has 1 N–H and O–H groups in total. The second-order valence-corrected chi connectivity index (χ2v) is 9.15. The lowest BCUT2D eigenvalue weighted by molar-refractivity contribution is -0.124. The zero-order valence-corrected chi connectivity index (χ0v) is 15.9. The monoisotopic (exact) mass is 357 g/mol. The van der Waals surface area contributed by atoms with E-state index in [0.717, 1.165) is 30.6 Å². The molecule has 1 fully saturated rings. The zero-order chi connectivity index (χ0) is 18.5. The predicted molar refractivity (Wildman–Crippen MR) is 100 cm³/mol. The average molecular weight is 358 g/mol. The molecule has 0 aromatic carbocycles. The van der Waals surface area contributed by atoms with E-state index in [0.29, 0.717) is 19.4 Å². The Morgan fingerprint density at radius 1 is 1.33 bits per heavy atom. The Kier molecular flexibility index (Phi) is 6.92. The van der Waals surface area contributed by atoms with Crippen molar-refractivity contribution in [3.8, 4) is 0 Å². The summed E-state index contributed by atoms with van der Waals surface area (Å²) in [5.74, 6) is -0.655. The summed E-state index contributed by atoms with van der Waals surface area (Å²) in [5.41, 5.74) is 1.63. The van der Waals surface area contributed by atoms with Gasteiger partial charge in [0, 0.05) is 31.2 Å². The standard InChI is InChI=1S/C17H29N3O3S.H2/c1-13(11-18-14(2)17(3,4)5)12-20-9-7-15(8-10-20)16(21)19-24(6,22)23;/h11,15H,1-2,7-10,12H2,3-6H3,(H,19,21);1H. The number of rotatable bonds is 6. The highest BCUT2D eigenvalue weighted by Crippen LogP contribution is 2.24. The van der Waals surface area contributed by atoms with Crippen LogP contribution in [-0.2, 0) is 14.8 Å². The predicted octanol–water partition coefficient (Wildman–Crippen LogP) is 2.21. The lowest BCUT2D eigenvalue weighted by Crippen LogP contribution is -2.42. The minimum absolute atomic E-state index is 0. The van der Waals surface area contributed by atoms with Crippen LogP contribution in [0.4, 0.5) is 0 Å². The maximum Gasteiger partial charge on any atom is 0.236 e. The summed E-state index contributed by atoms with van der Waals surface area (Å²) in [6.45, 7) is 16.3. The summed E-state index contributed by atoms with van der Waals surface area (Å²) in [6, 6.07) is 0. The number of sulfonamides is 1. The number of allylic oxidation sites excluding steroid dienone is 1. The van der Waals surface area contributed by atoms with Gasteiger partial charge in [0.05, 0.1) is 6.26 Å². The van der Waals surface area contributed by atoms with E-state index in [4.69, 9.17) is 0 Å². The number of carbonyl (C=O) groups excluding carboxylic acids is 1. The zero-order valence-electron chi connectivity index (χ0n) is 15.1. The second-order valence-electron chi connectivity index (χ2n) is 7.40. The van der Waals surface area contributed by atoms with Crippen LogP contribution in [0.5, 0.6) is 0 Å². The molecule has 0 spiro atoms. The number of aliphatic imine (C=N–C) groups is 1. The van der Waals surface area contributed by atoms with E-state index < -0.39 is 15.9 Å². The van der Waals surface area contributed by atoms with Gasteiger partial charge in [-0.3, -0.25) is 19.4 Å². The van der Waals surface area contributed by atoms with Crippen molar-refractivity contribution in [2.45, 2.75) is 33.6 Å². The van der Waals surface area contributed by atoms with E-state index in [9.17, 15) is 13.2 Å². The average Bonchev–Trinajstić information content (AvgIpc) is 2.42. The fourth-order valence-electron chi connectivity index (χ4n) is 2.31. The Labute approximate surface area is 147 Å². The number of piperidine rings is 1. The molecule has 6 nitrogen and oxygen atoms in total. The molecule has 1 saturated heterocycles. The van der Waals surface area contributed by atoms with Crippen LogP contribution in [0.3, 0.4) is 0 Å². The maximum atomic E-state index is 11.9. The van der Waals surface area contributed by atoms with Crippen LogP contribution in [0, 0.1) is 11.3 Å². The van der Waals surface area contributed by atoms with Crippen molar-refractivity contribution in [3.63, 3.8) is 0 Å². The number of nitrogens with one attached hydrogen (secondary N) is 1. The van der Waals surface area contributed by atoms with Gasteiger partial charge in [-0.1, -0.05) is 33.9 Å². The first-order valence-corrected chi connectivity index (χ1v) is 9.93. The van der Waals surface area contributed by atoms with Gasteiger partial charge in [-0.25, -0.2) is 8.42 Å². The fraction of sp³-hybridized carbons (Fsp3) is 0.647. The summed E-state index contributed by atoms with van der Waals surface area (Å²) in [6.07, 6.45) is 4.02. The van der Waals surface area contributed by atoms with Gasteiger partial charge in [-0.2, -0.15) is 0 Å². The van der Waals surface area contributed by atoms with Crippen molar-refractivity contribution in [3.05, 3.63) is 24.4 Å². The van der Waals surface area contributed by atoms with E-state index in [1.807, 2.05) is 0 Å². The van der Waals surface area contributed by atoms with Crippen LogP contribution in [0.1, 0.15) is 35.0 Å². The summed E-state index contributed by atoms with van der Waals surface area (Å²) >= 11 is 0. The molecule has 1 rings (SSSR count).